The summed E-state index contributed by atoms with van der Waals surface area (Å²) in [5, 5.41) is 7.77. The van der Waals surface area contributed by atoms with Crippen LogP contribution in [0.1, 0.15) is 26.7 Å². The standard InChI is InChI=1S/C13H21ClN4O/c1-3-5-17(10-7-15-8-10)11-9-16-18(6-4-2)13(19)12(11)14/h9-10,15H,3-8H2,1-2H3. The van der Waals surface area contributed by atoms with Crippen molar-refractivity contribution in [2.45, 2.75) is 39.3 Å². The van der Waals surface area contributed by atoms with E-state index in [0.717, 1.165) is 38.2 Å². The zero-order valence-corrected chi connectivity index (χ0v) is 12.3. The first-order valence-corrected chi connectivity index (χ1v) is 7.29. The van der Waals surface area contributed by atoms with Crippen LogP contribution < -0.4 is 15.8 Å². The molecule has 0 amide bonds. The predicted octanol–water partition coefficient (Wildman–Crippen LogP) is 1.49. The second-order valence-electron chi connectivity index (χ2n) is 4.88. The van der Waals surface area contributed by atoms with Gasteiger partial charge in [-0.25, -0.2) is 4.68 Å². The van der Waals surface area contributed by atoms with Crippen molar-refractivity contribution in [3.05, 3.63) is 21.6 Å². The Labute approximate surface area is 118 Å². The molecule has 1 aliphatic rings. The lowest BCUT2D eigenvalue weighted by molar-refractivity contribution is 0.411. The molecule has 1 N–H and O–H groups in total. The average Bonchev–Trinajstić information content (AvgIpc) is 2.33. The Morgan fingerprint density at radius 3 is 2.74 bits per heavy atom. The molecule has 0 spiro atoms. The van der Waals surface area contributed by atoms with E-state index in [1.54, 1.807) is 6.20 Å². The summed E-state index contributed by atoms with van der Waals surface area (Å²) in [7, 11) is 0. The van der Waals surface area contributed by atoms with Crippen LogP contribution in [0.4, 0.5) is 5.69 Å². The van der Waals surface area contributed by atoms with Gasteiger partial charge in [0.05, 0.1) is 17.9 Å². The Morgan fingerprint density at radius 2 is 2.21 bits per heavy atom. The van der Waals surface area contributed by atoms with Crippen molar-refractivity contribution < 1.29 is 0 Å². The van der Waals surface area contributed by atoms with Crippen LogP contribution in [0.5, 0.6) is 0 Å². The first kappa shape index (κ1) is 14.3. The number of hydrogen-bond donors (Lipinski definition) is 1. The molecule has 2 rings (SSSR count). The van der Waals surface area contributed by atoms with E-state index in [1.165, 1.54) is 4.68 Å². The highest BCUT2D eigenvalue weighted by atomic mass is 35.5. The van der Waals surface area contributed by atoms with Crippen LogP contribution in [0.15, 0.2) is 11.0 Å². The van der Waals surface area contributed by atoms with Gasteiger partial charge in [0.15, 0.2) is 0 Å². The van der Waals surface area contributed by atoms with Gasteiger partial charge in [0.25, 0.3) is 5.56 Å². The molecule has 6 heteroatoms. The van der Waals surface area contributed by atoms with E-state index < -0.39 is 0 Å². The number of aromatic nitrogens is 2. The quantitative estimate of drug-likeness (QED) is 0.860. The molecule has 0 unspecified atom stereocenters. The molecule has 1 fully saturated rings. The Kier molecular flexibility index (Phi) is 4.82. The smallest absolute Gasteiger partial charge is 0.287 e. The van der Waals surface area contributed by atoms with Crippen molar-refractivity contribution in [1.82, 2.24) is 15.1 Å². The summed E-state index contributed by atoms with van der Waals surface area (Å²) in [6.45, 7) is 7.52. The lowest BCUT2D eigenvalue weighted by atomic mass is 10.1. The number of rotatable bonds is 6. The van der Waals surface area contributed by atoms with E-state index in [4.69, 9.17) is 11.6 Å². The minimum Gasteiger partial charge on any atom is -0.363 e. The van der Waals surface area contributed by atoms with Crippen LogP contribution in [-0.2, 0) is 6.54 Å². The molecule has 2 heterocycles. The van der Waals surface area contributed by atoms with Gasteiger partial charge in [-0.1, -0.05) is 25.4 Å². The second-order valence-corrected chi connectivity index (χ2v) is 5.26. The number of aryl methyl sites for hydroxylation is 1. The minimum absolute atomic E-state index is 0.186. The van der Waals surface area contributed by atoms with Crippen LogP contribution in [0.25, 0.3) is 0 Å². The highest BCUT2D eigenvalue weighted by Crippen LogP contribution is 2.24. The topological polar surface area (TPSA) is 50.2 Å². The predicted molar refractivity (Wildman–Crippen MR) is 78.1 cm³/mol. The maximum absolute atomic E-state index is 12.1. The van der Waals surface area contributed by atoms with Gasteiger partial charge in [0.1, 0.15) is 5.02 Å². The van der Waals surface area contributed by atoms with Crippen LogP contribution in [0.2, 0.25) is 5.02 Å². The van der Waals surface area contributed by atoms with Crippen molar-refractivity contribution in [3.63, 3.8) is 0 Å². The molecule has 0 saturated carbocycles. The van der Waals surface area contributed by atoms with Gasteiger partial charge >= 0.3 is 0 Å². The molecule has 1 aromatic heterocycles. The SMILES string of the molecule is CCCN(c1cnn(CCC)c(=O)c1Cl)C1CNC1. The summed E-state index contributed by atoms with van der Waals surface area (Å²) in [5.74, 6) is 0. The van der Waals surface area contributed by atoms with Crippen molar-refractivity contribution in [1.29, 1.82) is 0 Å². The van der Waals surface area contributed by atoms with Crippen molar-refractivity contribution in [3.8, 4) is 0 Å². The third kappa shape index (κ3) is 2.92. The van der Waals surface area contributed by atoms with Crippen molar-refractivity contribution in [2.24, 2.45) is 0 Å². The molecule has 1 aliphatic heterocycles. The number of halogens is 1. The first-order valence-electron chi connectivity index (χ1n) is 6.92. The molecule has 0 aromatic carbocycles. The Morgan fingerprint density at radius 1 is 1.47 bits per heavy atom. The summed E-state index contributed by atoms with van der Waals surface area (Å²) < 4.78 is 1.44. The summed E-state index contributed by atoms with van der Waals surface area (Å²) in [5.41, 5.74) is 0.585. The summed E-state index contributed by atoms with van der Waals surface area (Å²) in [6.07, 6.45) is 3.62. The second kappa shape index (κ2) is 6.39. The molecule has 0 radical (unpaired) electrons. The molecule has 19 heavy (non-hydrogen) atoms. The highest BCUT2D eigenvalue weighted by Gasteiger charge is 2.27. The molecule has 1 aromatic rings. The van der Waals surface area contributed by atoms with Crippen LogP contribution in [0.3, 0.4) is 0 Å². The lowest BCUT2D eigenvalue weighted by Crippen LogP contribution is -2.58. The van der Waals surface area contributed by atoms with E-state index in [1.807, 2.05) is 6.92 Å². The van der Waals surface area contributed by atoms with Crippen LogP contribution in [0, 0.1) is 0 Å². The van der Waals surface area contributed by atoms with Gasteiger partial charge in [0, 0.05) is 26.2 Å². The lowest BCUT2D eigenvalue weighted by Gasteiger charge is -2.39. The maximum Gasteiger partial charge on any atom is 0.287 e. The molecular formula is C13H21ClN4O. The summed E-state index contributed by atoms with van der Waals surface area (Å²) in [6, 6.07) is 0.417. The van der Waals surface area contributed by atoms with E-state index in [9.17, 15) is 4.79 Å². The van der Waals surface area contributed by atoms with Gasteiger partial charge in [-0.2, -0.15) is 5.10 Å². The summed E-state index contributed by atoms with van der Waals surface area (Å²) in [4.78, 5) is 14.3. The van der Waals surface area contributed by atoms with Gasteiger partial charge in [0.2, 0.25) is 0 Å². The largest absolute Gasteiger partial charge is 0.363 e. The molecule has 5 nitrogen and oxygen atoms in total. The molecule has 106 valence electrons. The van der Waals surface area contributed by atoms with E-state index in [2.05, 4.69) is 22.2 Å². The molecular weight excluding hydrogens is 264 g/mol. The fourth-order valence-electron chi connectivity index (χ4n) is 2.26. The normalized spacial score (nSPS) is 15.3. The van der Waals surface area contributed by atoms with E-state index in [-0.39, 0.29) is 5.56 Å². The van der Waals surface area contributed by atoms with E-state index in [0.29, 0.717) is 17.6 Å². The number of nitrogens with zero attached hydrogens (tertiary/aromatic N) is 3. The molecule has 1 saturated heterocycles. The Hall–Kier alpha value is -1.07. The fraction of sp³-hybridized carbons (Fsp3) is 0.692. The number of hydrogen-bond acceptors (Lipinski definition) is 4. The first-order chi connectivity index (χ1) is 9.19. The molecule has 0 aliphatic carbocycles. The third-order valence-corrected chi connectivity index (χ3v) is 3.73. The fourth-order valence-corrected chi connectivity index (χ4v) is 2.52. The van der Waals surface area contributed by atoms with Gasteiger partial charge < -0.3 is 10.2 Å². The Bertz CT molecular complexity index is 484. The monoisotopic (exact) mass is 284 g/mol. The van der Waals surface area contributed by atoms with Crippen molar-refractivity contribution in [2.75, 3.05) is 24.5 Å². The number of anilines is 1. The zero-order valence-electron chi connectivity index (χ0n) is 11.5. The zero-order chi connectivity index (χ0) is 13.8. The van der Waals surface area contributed by atoms with Gasteiger partial charge in [-0.05, 0) is 12.8 Å². The highest BCUT2D eigenvalue weighted by molar-refractivity contribution is 6.33. The van der Waals surface area contributed by atoms with E-state index >= 15 is 0 Å². The number of nitrogens with one attached hydrogen (secondary N) is 1. The van der Waals surface area contributed by atoms with Gasteiger partial charge in [-0.15, -0.1) is 0 Å². The maximum atomic E-state index is 12.1. The van der Waals surface area contributed by atoms with Crippen molar-refractivity contribution >= 4 is 17.3 Å². The van der Waals surface area contributed by atoms with Crippen LogP contribution in [-0.4, -0.2) is 35.5 Å². The minimum atomic E-state index is -0.186. The Balaban J connectivity index is 2.31. The average molecular weight is 285 g/mol. The summed E-state index contributed by atoms with van der Waals surface area (Å²) >= 11 is 6.25. The molecule has 0 bridgehead atoms. The van der Waals surface area contributed by atoms with Gasteiger partial charge in [-0.3, -0.25) is 4.79 Å². The van der Waals surface area contributed by atoms with Crippen LogP contribution >= 0.6 is 11.6 Å². The molecule has 0 atom stereocenters. The third-order valence-electron chi connectivity index (χ3n) is 3.38.